The zero-order valence-electron chi connectivity index (χ0n) is 12.1. The van der Waals surface area contributed by atoms with E-state index < -0.39 is 0 Å². The van der Waals surface area contributed by atoms with Crippen LogP contribution in [0.3, 0.4) is 0 Å². The largest absolute Gasteiger partial charge is 0.497 e. The number of thiophene rings is 1. The van der Waals surface area contributed by atoms with Crippen LogP contribution in [-0.4, -0.2) is 7.11 Å². The van der Waals surface area contributed by atoms with Crippen LogP contribution in [0.4, 0.5) is 0 Å². The molecule has 3 aromatic rings. The highest BCUT2D eigenvalue weighted by molar-refractivity contribution is 7.19. The highest BCUT2D eigenvalue weighted by Gasteiger charge is 2.06. The quantitative estimate of drug-likeness (QED) is 0.648. The van der Waals surface area contributed by atoms with Gasteiger partial charge in [0.2, 0.25) is 0 Å². The van der Waals surface area contributed by atoms with Gasteiger partial charge in [-0.15, -0.1) is 11.3 Å². The van der Waals surface area contributed by atoms with Crippen molar-refractivity contribution in [1.82, 2.24) is 0 Å². The van der Waals surface area contributed by atoms with Crippen molar-refractivity contribution in [2.24, 2.45) is 0 Å². The molecule has 0 saturated heterocycles. The molecule has 0 amide bonds. The van der Waals surface area contributed by atoms with Crippen molar-refractivity contribution in [1.29, 1.82) is 0 Å². The molecule has 0 unspecified atom stereocenters. The highest BCUT2D eigenvalue weighted by Crippen LogP contribution is 2.30. The highest BCUT2D eigenvalue weighted by atomic mass is 32.1. The zero-order chi connectivity index (χ0) is 14.1. The monoisotopic (exact) mass is 282 g/mol. The summed E-state index contributed by atoms with van der Waals surface area (Å²) in [4.78, 5) is 1.40. The van der Waals surface area contributed by atoms with Crippen molar-refractivity contribution >= 4 is 21.4 Å². The summed E-state index contributed by atoms with van der Waals surface area (Å²) in [6.07, 6.45) is 1.01. The Morgan fingerprint density at radius 1 is 1.00 bits per heavy atom. The maximum atomic E-state index is 5.29. The zero-order valence-corrected chi connectivity index (χ0v) is 12.9. The van der Waals surface area contributed by atoms with Crippen LogP contribution in [0, 0.1) is 13.8 Å². The Morgan fingerprint density at radius 3 is 2.65 bits per heavy atom. The lowest BCUT2D eigenvalue weighted by Gasteiger charge is -2.05. The van der Waals surface area contributed by atoms with E-state index in [1.165, 1.54) is 31.7 Å². The number of aryl methyl sites for hydroxylation is 2. The smallest absolute Gasteiger partial charge is 0.119 e. The molecule has 0 bridgehead atoms. The summed E-state index contributed by atoms with van der Waals surface area (Å²) in [5, 5.41) is 1.27. The minimum Gasteiger partial charge on any atom is -0.497 e. The van der Waals surface area contributed by atoms with Crippen LogP contribution in [0.1, 0.15) is 21.6 Å². The molecule has 2 heteroatoms. The molecule has 0 spiro atoms. The number of hydrogen-bond acceptors (Lipinski definition) is 2. The fourth-order valence-electron chi connectivity index (χ4n) is 2.47. The van der Waals surface area contributed by atoms with Crippen LogP contribution in [0.2, 0.25) is 0 Å². The predicted octanol–water partition coefficient (Wildman–Crippen LogP) is 5.12. The van der Waals surface area contributed by atoms with E-state index in [1.54, 1.807) is 7.11 Å². The first-order valence-corrected chi connectivity index (χ1v) is 7.60. The van der Waals surface area contributed by atoms with Gasteiger partial charge in [0, 0.05) is 16.0 Å². The van der Waals surface area contributed by atoms with Gasteiger partial charge in [0.1, 0.15) is 5.75 Å². The molecule has 0 N–H and O–H groups in total. The Balaban J connectivity index is 1.96. The van der Waals surface area contributed by atoms with E-state index in [0.29, 0.717) is 0 Å². The van der Waals surface area contributed by atoms with Gasteiger partial charge < -0.3 is 4.74 Å². The number of hydrogen-bond donors (Lipinski definition) is 0. The Bertz CT molecular complexity index is 755. The number of rotatable bonds is 3. The van der Waals surface area contributed by atoms with E-state index >= 15 is 0 Å². The summed E-state index contributed by atoms with van der Waals surface area (Å²) in [5.74, 6) is 0.925. The third-order valence-corrected chi connectivity index (χ3v) is 4.76. The molecule has 3 rings (SSSR count). The van der Waals surface area contributed by atoms with E-state index in [1.807, 2.05) is 17.4 Å². The Labute approximate surface area is 123 Å². The summed E-state index contributed by atoms with van der Waals surface area (Å²) >= 11 is 1.87. The van der Waals surface area contributed by atoms with Gasteiger partial charge >= 0.3 is 0 Å². The topological polar surface area (TPSA) is 9.23 Å². The van der Waals surface area contributed by atoms with Crippen molar-refractivity contribution in [3.8, 4) is 5.75 Å². The third-order valence-electron chi connectivity index (χ3n) is 3.64. The molecule has 1 nitrogen and oxygen atoms in total. The van der Waals surface area contributed by atoms with Crippen molar-refractivity contribution < 1.29 is 4.74 Å². The van der Waals surface area contributed by atoms with Gasteiger partial charge in [-0.25, -0.2) is 0 Å². The first-order valence-electron chi connectivity index (χ1n) is 6.78. The van der Waals surface area contributed by atoms with Gasteiger partial charge in [-0.3, -0.25) is 0 Å². The summed E-state index contributed by atoms with van der Waals surface area (Å²) in [6, 6.07) is 15.2. The van der Waals surface area contributed by atoms with Gasteiger partial charge in [0.15, 0.2) is 0 Å². The lowest BCUT2D eigenvalue weighted by atomic mass is 10.0. The standard InChI is InChI=1S/C18H18OS/c1-12-4-5-13(2)14(8-12)10-17-11-15-9-16(19-3)6-7-18(15)20-17/h4-9,11H,10H2,1-3H3. The molecule has 1 aromatic heterocycles. The van der Waals surface area contributed by atoms with E-state index in [0.717, 1.165) is 12.2 Å². The fourth-order valence-corrected chi connectivity index (χ4v) is 3.54. The van der Waals surface area contributed by atoms with Crippen LogP contribution in [0.15, 0.2) is 42.5 Å². The number of fused-ring (bicyclic) bond motifs is 1. The van der Waals surface area contributed by atoms with Gasteiger partial charge in [-0.05, 0) is 54.6 Å². The lowest BCUT2D eigenvalue weighted by Crippen LogP contribution is -1.90. The molecular formula is C18H18OS. The average Bonchev–Trinajstić information content (AvgIpc) is 2.84. The minimum absolute atomic E-state index is 0.925. The first-order chi connectivity index (χ1) is 9.65. The van der Waals surface area contributed by atoms with Crippen LogP contribution >= 0.6 is 11.3 Å². The van der Waals surface area contributed by atoms with E-state index in [9.17, 15) is 0 Å². The molecule has 0 radical (unpaired) electrons. The molecule has 0 fully saturated rings. The van der Waals surface area contributed by atoms with Gasteiger partial charge in [-0.2, -0.15) is 0 Å². The third kappa shape index (κ3) is 2.56. The minimum atomic E-state index is 0.925. The Hall–Kier alpha value is -1.80. The lowest BCUT2D eigenvalue weighted by molar-refractivity contribution is 0.415. The molecular weight excluding hydrogens is 264 g/mol. The number of ether oxygens (including phenoxy) is 1. The molecule has 2 aromatic carbocycles. The molecule has 0 aliphatic rings. The second-order valence-corrected chi connectivity index (χ2v) is 6.39. The Morgan fingerprint density at radius 2 is 1.85 bits per heavy atom. The second kappa shape index (κ2) is 5.29. The predicted molar refractivity (Wildman–Crippen MR) is 87.1 cm³/mol. The molecule has 1 heterocycles. The van der Waals surface area contributed by atoms with Crippen molar-refractivity contribution in [3.63, 3.8) is 0 Å². The van der Waals surface area contributed by atoms with E-state index in [2.05, 4.69) is 50.2 Å². The van der Waals surface area contributed by atoms with Crippen LogP contribution in [-0.2, 0) is 6.42 Å². The first kappa shape index (κ1) is 13.2. The SMILES string of the molecule is COc1ccc2sc(Cc3cc(C)ccc3C)cc2c1. The molecule has 0 atom stereocenters. The summed E-state index contributed by atoms with van der Waals surface area (Å²) in [5.41, 5.74) is 4.11. The summed E-state index contributed by atoms with van der Waals surface area (Å²) in [7, 11) is 1.71. The van der Waals surface area contributed by atoms with Crippen LogP contribution in [0.5, 0.6) is 5.75 Å². The molecule has 102 valence electrons. The Kier molecular flexibility index (Phi) is 3.49. The van der Waals surface area contributed by atoms with E-state index in [4.69, 9.17) is 4.74 Å². The second-order valence-electron chi connectivity index (χ2n) is 5.22. The summed E-state index contributed by atoms with van der Waals surface area (Å²) < 4.78 is 6.61. The normalized spacial score (nSPS) is 10.9. The number of methoxy groups -OCH3 is 1. The van der Waals surface area contributed by atoms with Gasteiger partial charge in [-0.1, -0.05) is 23.8 Å². The number of benzene rings is 2. The van der Waals surface area contributed by atoms with Crippen LogP contribution in [0.25, 0.3) is 10.1 Å². The molecule has 20 heavy (non-hydrogen) atoms. The molecule has 0 aliphatic carbocycles. The molecule has 0 aliphatic heterocycles. The average molecular weight is 282 g/mol. The van der Waals surface area contributed by atoms with Crippen molar-refractivity contribution in [3.05, 3.63) is 64.0 Å². The summed E-state index contributed by atoms with van der Waals surface area (Å²) in [6.45, 7) is 4.34. The maximum Gasteiger partial charge on any atom is 0.119 e. The van der Waals surface area contributed by atoms with E-state index in [-0.39, 0.29) is 0 Å². The van der Waals surface area contributed by atoms with Gasteiger partial charge in [0.25, 0.3) is 0 Å². The van der Waals surface area contributed by atoms with Crippen LogP contribution < -0.4 is 4.74 Å². The molecule has 0 saturated carbocycles. The fraction of sp³-hybridized carbons (Fsp3) is 0.222. The van der Waals surface area contributed by atoms with Gasteiger partial charge in [0.05, 0.1) is 7.11 Å². The van der Waals surface area contributed by atoms with Crippen molar-refractivity contribution in [2.75, 3.05) is 7.11 Å². The van der Waals surface area contributed by atoms with Crippen molar-refractivity contribution in [2.45, 2.75) is 20.3 Å². The maximum absolute atomic E-state index is 5.29.